The first-order chi connectivity index (χ1) is 9.95. The zero-order valence-electron chi connectivity index (χ0n) is 12.5. The van der Waals surface area contributed by atoms with E-state index >= 15 is 0 Å². The highest BCUT2D eigenvalue weighted by Gasteiger charge is 2.34. The topological polar surface area (TPSA) is 48.1 Å². The summed E-state index contributed by atoms with van der Waals surface area (Å²) >= 11 is 0. The number of rotatable bonds is 2. The van der Waals surface area contributed by atoms with Crippen LogP contribution in [-0.2, 0) is 4.79 Å². The van der Waals surface area contributed by atoms with Gasteiger partial charge in [0.25, 0.3) is 0 Å². The molecule has 5 heteroatoms. The molecule has 1 amide bonds. The molecule has 1 aromatic carbocycles. The van der Waals surface area contributed by atoms with Crippen molar-refractivity contribution in [2.45, 2.75) is 32.5 Å². The number of nitrogens with one attached hydrogen (secondary N) is 2. The number of carbonyl (C=O) groups is 1. The maximum atomic E-state index is 13.4. The first kappa shape index (κ1) is 14.1. The predicted octanol–water partition coefficient (Wildman–Crippen LogP) is 2.77. The number of anilines is 1. The Labute approximate surface area is 123 Å². The van der Waals surface area contributed by atoms with Gasteiger partial charge in [0.1, 0.15) is 6.17 Å². The summed E-state index contributed by atoms with van der Waals surface area (Å²) in [5.74, 6) is -0.137. The Balaban J connectivity index is 1.81. The van der Waals surface area contributed by atoms with Crippen LogP contribution in [0.1, 0.15) is 17.7 Å². The van der Waals surface area contributed by atoms with Crippen LogP contribution < -0.4 is 5.32 Å². The number of aromatic nitrogens is 1. The van der Waals surface area contributed by atoms with E-state index in [4.69, 9.17) is 0 Å². The van der Waals surface area contributed by atoms with Gasteiger partial charge >= 0.3 is 0 Å². The molecule has 2 N–H and O–H groups in total. The number of likely N-dealkylation sites (tertiary alicyclic amines) is 1. The van der Waals surface area contributed by atoms with Crippen LogP contribution >= 0.6 is 0 Å². The maximum Gasteiger partial charge on any atom is 0.241 e. The minimum Gasteiger partial charge on any atom is -0.358 e. The molecule has 1 fully saturated rings. The van der Waals surface area contributed by atoms with Gasteiger partial charge in [-0.2, -0.15) is 0 Å². The van der Waals surface area contributed by atoms with Crippen LogP contribution in [0.5, 0.6) is 0 Å². The molecule has 0 bridgehead atoms. The van der Waals surface area contributed by atoms with Gasteiger partial charge in [-0.05, 0) is 44.7 Å². The molecular formula is C16H20FN3O. The normalized spacial score (nSPS) is 22.9. The number of aryl methyl sites for hydroxylation is 2. The van der Waals surface area contributed by atoms with Gasteiger partial charge in [0, 0.05) is 35.2 Å². The molecule has 1 saturated heterocycles. The van der Waals surface area contributed by atoms with Crippen molar-refractivity contribution in [1.29, 1.82) is 0 Å². The van der Waals surface area contributed by atoms with Gasteiger partial charge in [-0.3, -0.25) is 9.69 Å². The van der Waals surface area contributed by atoms with Crippen molar-refractivity contribution in [1.82, 2.24) is 9.88 Å². The van der Waals surface area contributed by atoms with E-state index in [1.165, 1.54) is 5.56 Å². The second-order valence-corrected chi connectivity index (χ2v) is 5.91. The molecule has 0 aliphatic carbocycles. The number of alkyl halides is 1. The summed E-state index contributed by atoms with van der Waals surface area (Å²) in [6.45, 7) is 4.41. The second-order valence-electron chi connectivity index (χ2n) is 5.91. The number of fused-ring (bicyclic) bond motifs is 1. The smallest absolute Gasteiger partial charge is 0.241 e. The quantitative estimate of drug-likeness (QED) is 0.893. The third-order valence-electron chi connectivity index (χ3n) is 4.38. The van der Waals surface area contributed by atoms with E-state index in [0.29, 0.717) is 6.54 Å². The van der Waals surface area contributed by atoms with Gasteiger partial charge in [-0.25, -0.2) is 4.39 Å². The first-order valence-corrected chi connectivity index (χ1v) is 7.20. The molecule has 3 rings (SSSR count). The lowest BCUT2D eigenvalue weighted by Crippen LogP contribution is -2.37. The van der Waals surface area contributed by atoms with Crippen LogP contribution in [0.3, 0.4) is 0 Å². The summed E-state index contributed by atoms with van der Waals surface area (Å²) in [5.41, 5.74) is 4.13. The molecule has 2 aromatic rings. The van der Waals surface area contributed by atoms with E-state index in [1.54, 1.807) is 11.9 Å². The van der Waals surface area contributed by atoms with Crippen molar-refractivity contribution >= 4 is 22.5 Å². The minimum atomic E-state index is -0.914. The predicted molar refractivity (Wildman–Crippen MR) is 82.3 cm³/mol. The Kier molecular flexibility index (Phi) is 3.45. The monoisotopic (exact) mass is 289 g/mol. The van der Waals surface area contributed by atoms with Crippen molar-refractivity contribution in [3.63, 3.8) is 0 Å². The fraction of sp³-hybridized carbons (Fsp3) is 0.438. The van der Waals surface area contributed by atoms with Gasteiger partial charge in [0.2, 0.25) is 5.91 Å². The van der Waals surface area contributed by atoms with Gasteiger partial charge in [-0.15, -0.1) is 0 Å². The Morgan fingerprint density at radius 3 is 2.86 bits per heavy atom. The van der Waals surface area contributed by atoms with E-state index in [9.17, 15) is 9.18 Å². The maximum absolute atomic E-state index is 13.4. The SMILES string of the molecule is Cc1[nH]c2ccc(NC(=O)C3C[C@@H](F)CN3C)cc2c1C. The molecule has 0 saturated carbocycles. The van der Waals surface area contributed by atoms with Gasteiger partial charge < -0.3 is 10.3 Å². The van der Waals surface area contributed by atoms with Gasteiger partial charge in [0.05, 0.1) is 6.04 Å². The number of nitrogens with zero attached hydrogens (tertiary/aromatic N) is 1. The van der Waals surface area contributed by atoms with Crippen molar-refractivity contribution in [2.75, 3.05) is 18.9 Å². The average Bonchev–Trinajstić information content (AvgIpc) is 2.91. The summed E-state index contributed by atoms with van der Waals surface area (Å²) < 4.78 is 13.4. The standard InChI is InChI=1S/C16H20FN3O/c1-9-10(2)18-14-5-4-12(7-13(9)14)19-16(21)15-6-11(17)8-20(15)3/h4-5,7,11,15,18H,6,8H2,1-3H3,(H,19,21)/t11-,15?/m1/s1. The van der Waals surface area contributed by atoms with Crippen LogP contribution in [0.15, 0.2) is 18.2 Å². The van der Waals surface area contributed by atoms with Crippen LogP contribution in [0.2, 0.25) is 0 Å². The Morgan fingerprint density at radius 1 is 1.43 bits per heavy atom. The fourth-order valence-corrected chi connectivity index (χ4v) is 3.01. The summed E-state index contributed by atoms with van der Waals surface area (Å²) in [5, 5.41) is 4.01. The van der Waals surface area contributed by atoms with Crippen molar-refractivity contribution in [3.8, 4) is 0 Å². The van der Waals surface area contributed by atoms with Crippen LogP contribution in [-0.4, -0.2) is 41.6 Å². The summed E-state index contributed by atoms with van der Waals surface area (Å²) in [6, 6.07) is 5.41. The second kappa shape index (κ2) is 5.15. The van der Waals surface area contributed by atoms with E-state index < -0.39 is 6.17 Å². The summed E-state index contributed by atoms with van der Waals surface area (Å²) in [6.07, 6.45) is -0.643. The lowest BCUT2D eigenvalue weighted by Gasteiger charge is -2.18. The average molecular weight is 289 g/mol. The number of H-pyrrole nitrogens is 1. The van der Waals surface area contributed by atoms with Crippen LogP contribution in [0.25, 0.3) is 10.9 Å². The fourth-order valence-electron chi connectivity index (χ4n) is 3.01. The molecule has 112 valence electrons. The Hall–Kier alpha value is -1.88. The number of halogens is 1. The largest absolute Gasteiger partial charge is 0.358 e. The lowest BCUT2D eigenvalue weighted by atomic mass is 10.1. The molecule has 1 unspecified atom stereocenters. The van der Waals surface area contributed by atoms with E-state index in [-0.39, 0.29) is 18.4 Å². The summed E-state index contributed by atoms with van der Waals surface area (Å²) in [4.78, 5) is 17.3. The number of likely N-dealkylation sites (N-methyl/N-ethyl adjacent to an activating group) is 1. The third-order valence-corrected chi connectivity index (χ3v) is 4.38. The van der Waals surface area contributed by atoms with E-state index in [2.05, 4.69) is 17.2 Å². The number of hydrogen-bond donors (Lipinski definition) is 2. The van der Waals surface area contributed by atoms with Crippen LogP contribution in [0.4, 0.5) is 10.1 Å². The molecular weight excluding hydrogens is 269 g/mol. The first-order valence-electron chi connectivity index (χ1n) is 7.20. The zero-order chi connectivity index (χ0) is 15.1. The lowest BCUT2D eigenvalue weighted by molar-refractivity contribution is -0.120. The highest BCUT2D eigenvalue weighted by Crippen LogP contribution is 2.25. The molecule has 21 heavy (non-hydrogen) atoms. The molecule has 0 spiro atoms. The van der Waals surface area contributed by atoms with Crippen LogP contribution in [0, 0.1) is 13.8 Å². The molecule has 2 atom stereocenters. The Bertz CT molecular complexity index is 694. The van der Waals surface area contributed by atoms with Crippen molar-refractivity contribution in [3.05, 3.63) is 29.5 Å². The molecule has 0 radical (unpaired) electrons. The molecule has 1 aliphatic heterocycles. The van der Waals surface area contributed by atoms with Crippen molar-refractivity contribution < 1.29 is 9.18 Å². The highest BCUT2D eigenvalue weighted by molar-refractivity contribution is 5.97. The van der Waals surface area contributed by atoms with E-state index in [1.807, 2.05) is 25.1 Å². The van der Waals surface area contributed by atoms with Crippen molar-refractivity contribution in [2.24, 2.45) is 0 Å². The molecule has 1 aliphatic rings. The number of aromatic amines is 1. The number of benzene rings is 1. The molecule has 2 heterocycles. The summed E-state index contributed by atoms with van der Waals surface area (Å²) in [7, 11) is 1.78. The number of amides is 1. The van der Waals surface area contributed by atoms with Gasteiger partial charge in [-0.1, -0.05) is 0 Å². The molecule has 1 aromatic heterocycles. The molecule has 4 nitrogen and oxygen atoms in total. The highest BCUT2D eigenvalue weighted by atomic mass is 19.1. The third kappa shape index (κ3) is 2.53. The zero-order valence-corrected chi connectivity index (χ0v) is 12.5. The Morgan fingerprint density at radius 2 is 2.19 bits per heavy atom. The van der Waals surface area contributed by atoms with E-state index in [0.717, 1.165) is 22.3 Å². The van der Waals surface area contributed by atoms with Gasteiger partial charge in [0.15, 0.2) is 0 Å². The minimum absolute atomic E-state index is 0.137. The number of hydrogen-bond acceptors (Lipinski definition) is 2. The number of carbonyl (C=O) groups excluding carboxylic acids is 1.